The van der Waals surface area contributed by atoms with E-state index in [1.807, 2.05) is 4.90 Å². The molecule has 22 heavy (non-hydrogen) atoms. The van der Waals surface area contributed by atoms with Crippen LogP contribution in [-0.4, -0.2) is 35.0 Å². The molecule has 0 aromatic heterocycles. The first kappa shape index (κ1) is 16.2. The number of non-ortho nitro benzene ring substituents is 1. The van der Waals surface area contributed by atoms with Crippen molar-refractivity contribution in [3.05, 3.63) is 52.6 Å². The van der Waals surface area contributed by atoms with Gasteiger partial charge in [-0.15, -0.1) is 6.58 Å². The normalized spacial score (nSPS) is 18.0. The van der Waals surface area contributed by atoms with Crippen molar-refractivity contribution in [1.29, 1.82) is 0 Å². The summed E-state index contributed by atoms with van der Waals surface area (Å²) >= 11 is 0. The van der Waals surface area contributed by atoms with E-state index in [4.69, 9.17) is 0 Å². The highest BCUT2D eigenvalue weighted by Gasteiger charge is 2.25. The number of nitrogens with zero attached hydrogens (tertiary/aromatic N) is 2. The Morgan fingerprint density at radius 3 is 2.77 bits per heavy atom. The summed E-state index contributed by atoms with van der Waals surface area (Å²) in [5.74, 6) is 0.0510. The lowest BCUT2D eigenvalue weighted by Crippen LogP contribution is -2.51. The van der Waals surface area contributed by atoms with Crippen molar-refractivity contribution in [2.75, 3.05) is 13.1 Å². The number of carbonyl (C=O) groups excluding carboxylic acids is 1. The van der Waals surface area contributed by atoms with E-state index in [-0.39, 0.29) is 24.2 Å². The maximum Gasteiger partial charge on any atom is 0.269 e. The summed E-state index contributed by atoms with van der Waals surface area (Å²) in [5, 5.41) is 13.9. The fourth-order valence-electron chi connectivity index (χ4n) is 2.67. The molecule has 0 radical (unpaired) electrons. The predicted molar refractivity (Wildman–Crippen MR) is 84.4 cm³/mol. The second kappa shape index (κ2) is 7.70. The van der Waals surface area contributed by atoms with E-state index in [2.05, 4.69) is 11.9 Å². The zero-order valence-corrected chi connectivity index (χ0v) is 12.5. The standard InChI is InChI=1S/C16H21N3O3/c1-2-10-17-15-5-3-4-11-18(15)16(20)12-13-6-8-14(9-7-13)19(21)22/h2,6-9,15,17H,1,3-5,10-12H2. The van der Waals surface area contributed by atoms with Gasteiger partial charge in [-0.05, 0) is 24.8 Å². The number of hydrogen-bond donors (Lipinski definition) is 1. The number of benzene rings is 1. The van der Waals surface area contributed by atoms with E-state index in [9.17, 15) is 14.9 Å². The van der Waals surface area contributed by atoms with Gasteiger partial charge in [0.05, 0.1) is 17.5 Å². The van der Waals surface area contributed by atoms with Crippen molar-refractivity contribution in [2.24, 2.45) is 0 Å². The number of carbonyl (C=O) groups is 1. The SMILES string of the molecule is C=CCNC1CCCCN1C(=O)Cc1ccc([N+](=O)[O-])cc1. The summed E-state index contributed by atoms with van der Waals surface area (Å²) in [4.78, 5) is 24.6. The van der Waals surface area contributed by atoms with Crippen molar-refractivity contribution in [2.45, 2.75) is 31.8 Å². The van der Waals surface area contributed by atoms with Gasteiger partial charge < -0.3 is 4.90 Å². The maximum atomic E-state index is 12.5. The Hall–Kier alpha value is -2.21. The van der Waals surface area contributed by atoms with Crippen LogP contribution in [0.3, 0.4) is 0 Å². The molecule has 0 saturated carbocycles. The number of nitro groups is 1. The minimum Gasteiger partial charge on any atom is -0.327 e. The molecule has 6 heteroatoms. The van der Waals surface area contributed by atoms with Crippen LogP contribution in [0, 0.1) is 10.1 Å². The molecule has 6 nitrogen and oxygen atoms in total. The Morgan fingerprint density at radius 2 is 2.14 bits per heavy atom. The van der Waals surface area contributed by atoms with Gasteiger partial charge in [0.1, 0.15) is 0 Å². The number of rotatable bonds is 6. The molecule has 118 valence electrons. The van der Waals surface area contributed by atoms with Crippen LogP contribution in [0.4, 0.5) is 5.69 Å². The van der Waals surface area contributed by atoms with Crippen molar-refractivity contribution >= 4 is 11.6 Å². The van der Waals surface area contributed by atoms with E-state index in [0.717, 1.165) is 31.4 Å². The average molecular weight is 303 g/mol. The Kier molecular flexibility index (Phi) is 5.66. The Morgan fingerprint density at radius 1 is 1.41 bits per heavy atom. The largest absolute Gasteiger partial charge is 0.327 e. The summed E-state index contributed by atoms with van der Waals surface area (Å²) in [7, 11) is 0. The van der Waals surface area contributed by atoms with Crippen LogP contribution in [0.5, 0.6) is 0 Å². The van der Waals surface area contributed by atoms with E-state index >= 15 is 0 Å². The molecule has 0 aliphatic carbocycles. The molecular weight excluding hydrogens is 282 g/mol. The van der Waals surface area contributed by atoms with Crippen LogP contribution in [-0.2, 0) is 11.2 Å². The summed E-state index contributed by atoms with van der Waals surface area (Å²) in [6.07, 6.45) is 5.17. The molecule has 1 aromatic carbocycles. The first-order chi connectivity index (χ1) is 10.6. The van der Waals surface area contributed by atoms with Crippen molar-refractivity contribution < 1.29 is 9.72 Å². The predicted octanol–water partition coefficient (Wildman–Crippen LogP) is 2.25. The van der Waals surface area contributed by atoms with Crippen LogP contribution in [0.15, 0.2) is 36.9 Å². The second-order valence-corrected chi connectivity index (χ2v) is 5.40. The smallest absolute Gasteiger partial charge is 0.269 e. The third-order valence-electron chi connectivity index (χ3n) is 3.82. The molecule has 1 heterocycles. The van der Waals surface area contributed by atoms with Crippen molar-refractivity contribution in [3.8, 4) is 0 Å². The lowest BCUT2D eigenvalue weighted by Gasteiger charge is -2.36. The van der Waals surface area contributed by atoms with Crippen molar-refractivity contribution in [1.82, 2.24) is 10.2 Å². The first-order valence-electron chi connectivity index (χ1n) is 7.49. The van der Waals surface area contributed by atoms with E-state index < -0.39 is 4.92 Å². The summed E-state index contributed by atoms with van der Waals surface area (Å²) in [6.45, 7) is 5.11. The lowest BCUT2D eigenvalue weighted by atomic mass is 10.1. The molecule has 2 rings (SSSR count). The molecule has 1 unspecified atom stereocenters. The highest BCUT2D eigenvalue weighted by atomic mass is 16.6. The molecule has 0 spiro atoms. The topological polar surface area (TPSA) is 75.5 Å². The minimum atomic E-state index is -0.439. The van der Waals surface area contributed by atoms with Gasteiger partial charge in [-0.25, -0.2) is 0 Å². The molecular formula is C16H21N3O3. The number of hydrogen-bond acceptors (Lipinski definition) is 4. The third-order valence-corrected chi connectivity index (χ3v) is 3.82. The fraction of sp³-hybridized carbons (Fsp3) is 0.438. The Labute approximate surface area is 130 Å². The third kappa shape index (κ3) is 4.14. The highest BCUT2D eigenvalue weighted by Crippen LogP contribution is 2.18. The van der Waals surface area contributed by atoms with Crippen LogP contribution in [0.25, 0.3) is 0 Å². The Bertz CT molecular complexity index is 542. The molecule has 0 bridgehead atoms. The number of likely N-dealkylation sites (tertiary alicyclic amines) is 1. The number of nitro benzene ring substituents is 1. The molecule has 1 atom stereocenters. The highest BCUT2D eigenvalue weighted by molar-refractivity contribution is 5.79. The lowest BCUT2D eigenvalue weighted by molar-refractivity contribution is -0.384. The molecule has 1 saturated heterocycles. The van der Waals surface area contributed by atoms with Crippen LogP contribution in [0.1, 0.15) is 24.8 Å². The fourth-order valence-corrected chi connectivity index (χ4v) is 2.67. The van der Waals surface area contributed by atoms with Gasteiger partial charge in [-0.3, -0.25) is 20.2 Å². The van der Waals surface area contributed by atoms with Crippen LogP contribution in [0.2, 0.25) is 0 Å². The summed E-state index contributed by atoms with van der Waals surface area (Å²) in [5.41, 5.74) is 0.836. The zero-order valence-electron chi connectivity index (χ0n) is 12.5. The quantitative estimate of drug-likeness (QED) is 0.497. The minimum absolute atomic E-state index is 0.0414. The molecule has 1 fully saturated rings. The van der Waals surface area contributed by atoms with Crippen LogP contribution < -0.4 is 5.32 Å². The molecule has 1 aliphatic heterocycles. The van der Waals surface area contributed by atoms with Gasteiger partial charge in [0, 0.05) is 25.2 Å². The average Bonchev–Trinajstić information content (AvgIpc) is 2.53. The van der Waals surface area contributed by atoms with Gasteiger partial charge in [0.25, 0.3) is 5.69 Å². The summed E-state index contributed by atoms with van der Waals surface area (Å²) in [6, 6.07) is 6.16. The molecule has 1 aliphatic rings. The second-order valence-electron chi connectivity index (χ2n) is 5.40. The summed E-state index contributed by atoms with van der Waals surface area (Å²) < 4.78 is 0. The molecule has 1 aromatic rings. The van der Waals surface area contributed by atoms with Crippen molar-refractivity contribution in [3.63, 3.8) is 0 Å². The van der Waals surface area contributed by atoms with E-state index in [1.54, 1.807) is 18.2 Å². The van der Waals surface area contributed by atoms with Gasteiger partial charge in [-0.1, -0.05) is 18.2 Å². The van der Waals surface area contributed by atoms with Gasteiger partial charge >= 0.3 is 0 Å². The van der Waals surface area contributed by atoms with Gasteiger partial charge in [0.2, 0.25) is 5.91 Å². The number of nitrogens with one attached hydrogen (secondary N) is 1. The Balaban J connectivity index is 1.99. The van der Waals surface area contributed by atoms with E-state index in [0.29, 0.717) is 6.54 Å². The molecule has 1 amide bonds. The van der Waals surface area contributed by atoms with Gasteiger partial charge in [0.15, 0.2) is 0 Å². The molecule has 1 N–H and O–H groups in total. The van der Waals surface area contributed by atoms with Crippen LogP contribution >= 0.6 is 0 Å². The monoisotopic (exact) mass is 303 g/mol. The van der Waals surface area contributed by atoms with Gasteiger partial charge in [-0.2, -0.15) is 0 Å². The zero-order chi connectivity index (χ0) is 15.9. The van der Waals surface area contributed by atoms with E-state index in [1.165, 1.54) is 12.1 Å². The number of piperidine rings is 1. The maximum absolute atomic E-state index is 12.5. The first-order valence-corrected chi connectivity index (χ1v) is 7.49. The number of amides is 1.